The zero-order valence-corrected chi connectivity index (χ0v) is 13.2. The van der Waals surface area contributed by atoms with Crippen molar-refractivity contribution >= 4 is 29.2 Å². The number of aromatic nitrogens is 2. The second-order valence-electron chi connectivity index (χ2n) is 5.08. The van der Waals surface area contributed by atoms with Gasteiger partial charge < -0.3 is 19.6 Å². The molecule has 0 unspecified atom stereocenters. The van der Waals surface area contributed by atoms with Crippen molar-refractivity contribution in [1.29, 1.82) is 0 Å². The van der Waals surface area contributed by atoms with Gasteiger partial charge in [-0.3, -0.25) is 0 Å². The maximum absolute atomic E-state index is 11.8. The third-order valence-corrected chi connectivity index (χ3v) is 3.57. The van der Waals surface area contributed by atoms with E-state index in [1.807, 2.05) is 12.1 Å². The van der Waals surface area contributed by atoms with Crippen molar-refractivity contribution in [3.8, 4) is 11.5 Å². The number of phenolic OH excluding ortho intramolecular Hbond substituents is 1. The highest BCUT2D eigenvalue weighted by atomic mass is 16.5. The predicted molar refractivity (Wildman–Crippen MR) is 91.0 cm³/mol. The Morgan fingerprint density at radius 3 is 2.79 bits per heavy atom. The molecule has 122 valence electrons. The zero-order chi connectivity index (χ0) is 17.1. The normalized spacial score (nSPS) is 11.1. The minimum Gasteiger partial charge on any atom is -0.504 e. The molecule has 0 aliphatic rings. The fourth-order valence-electron chi connectivity index (χ4n) is 2.38. The number of carbonyl (C=O) groups excluding carboxylic acids is 1. The number of nitrogens with one attached hydrogen (secondary N) is 1. The number of aromatic hydroxyl groups is 1. The molecule has 1 aromatic heterocycles. The van der Waals surface area contributed by atoms with Crippen LogP contribution < -0.4 is 4.74 Å². The quantitative estimate of drug-likeness (QED) is 0.720. The number of rotatable bonds is 4. The third kappa shape index (κ3) is 2.94. The van der Waals surface area contributed by atoms with E-state index in [1.165, 1.54) is 14.2 Å². The van der Waals surface area contributed by atoms with Gasteiger partial charge in [-0.15, -0.1) is 0 Å². The van der Waals surface area contributed by atoms with Gasteiger partial charge in [-0.1, -0.05) is 18.2 Å². The lowest BCUT2D eigenvalue weighted by Gasteiger charge is -2.03. The predicted octanol–water partition coefficient (Wildman–Crippen LogP) is 3.23. The molecule has 3 rings (SSSR count). The van der Waals surface area contributed by atoms with E-state index in [2.05, 4.69) is 9.97 Å². The summed E-state index contributed by atoms with van der Waals surface area (Å²) in [5, 5.41) is 9.61. The number of aromatic amines is 1. The molecule has 0 spiro atoms. The van der Waals surface area contributed by atoms with Gasteiger partial charge in [0.15, 0.2) is 11.5 Å². The summed E-state index contributed by atoms with van der Waals surface area (Å²) in [5.41, 5.74) is 2.57. The number of nitrogens with zero attached hydrogens (tertiary/aromatic N) is 1. The van der Waals surface area contributed by atoms with Gasteiger partial charge in [0, 0.05) is 0 Å². The largest absolute Gasteiger partial charge is 0.504 e. The van der Waals surface area contributed by atoms with Crippen LogP contribution in [-0.2, 0) is 4.74 Å². The van der Waals surface area contributed by atoms with Gasteiger partial charge in [0.1, 0.15) is 11.3 Å². The van der Waals surface area contributed by atoms with Crippen LogP contribution in [0.2, 0.25) is 0 Å². The van der Waals surface area contributed by atoms with E-state index in [9.17, 15) is 9.90 Å². The second kappa shape index (κ2) is 6.45. The highest BCUT2D eigenvalue weighted by molar-refractivity contribution is 6.02. The number of benzene rings is 2. The van der Waals surface area contributed by atoms with Crippen LogP contribution in [0.3, 0.4) is 0 Å². The van der Waals surface area contributed by atoms with Crippen LogP contribution in [0, 0.1) is 0 Å². The Balaban J connectivity index is 1.94. The molecule has 0 bridgehead atoms. The van der Waals surface area contributed by atoms with E-state index in [4.69, 9.17) is 9.47 Å². The minimum absolute atomic E-state index is 0.0844. The van der Waals surface area contributed by atoms with Crippen molar-refractivity contribution in [2.45, 2.75) is 0 Å². The van der Waals surface area contributed by atoms with E-state index < -0.39 is 5.97 Å². The maximum atomic E-state index is 11.8. The van der Waals surface area contributed by atoms with E-state index in [-0.39, 0.29) is 5.75 Å². The lowest BCUT2D eigenvalue weighted by atomic mass is 10.2. The Labute approximate surface area is 138 Å². The van der Waals surface area contributed by atoms with Gasteiger partial charge in [-0.05, 0) is 35.9 Å². The van der Waals surface area contributed by atoms with Gasteiger partial charge in [-0.25, -0.2) is 9.78 Å². The fourth-order valence-corrected chi connectivity index (χ4v) is 2.38. The SMILES string of the molecule is COC(=O)c1cccc2[nH]c(C=Cc3ccc(O)c(OC)c3)nc12. The second-order valence-corrected chi connectivity index (χ2v) is 5.08. The van der Waals surface area contributed by atoms with Crippen LogP contribution >= 0.6 is 0 Å². The molecular formula is C18H16N2O4. The summed E-state index contributed by atoms with van der Waals surface area (Å²) in [6.07, 6.45) is 3.62. The molecule has 0 aliphatic heterocycles. The monoisotopic (exact) mass is 324 g/mol. The summed E-state index contributed by atoms with van der Waals surface area (Å²) in [6.45, 7) is 0. The van der Waals surface area contributed by atoms with E-state index in [0.717, 1.165) is 11.1 Å². The summed E-state index contributed by atoms with van der Waals surface area (Å²) in [6, 6.07) is 10.3. The molecule has 1 heterocycles. The van der Waals surface area contributed by atoms with Crippen LogP contribution in [0.25, 0.3) is 23.2 Å². The highest BCUT2D eigenvalue weighted by Gasteiger charge is 2.13. The Morgan fingerprint density at radius 2 is 2.04 bits per heavy atom. The summed E-state index contributed by atoms with van der Waals surface area (Å²) in [7, 11) is 2.84. The molecule has 0 radical (unpaired) electrons. The molecule has 2 aromatic carbocycles. The molecule has 24 heavy (non-hydrogen) atoms. The van der Waals surface area contributed by atoms with Crippen LogP contribution in [-0.4, -0.2) is 35.3 Å². The Bertz CT molecular complexity index is 928. The molecule has 6 nitrogen and oxygen atoms in total. The number of para-hydroxylation sites is 1. The number of hydrogen-bond acceptors (Lipinski definition) is 5. The van der Waals surface area contributed by atoms with Crippen LogP contribution in [0.5, 0.6) is 11.5 Å². The topological polar surface area (TPSA) is 84.4 Å². The molecular weight excluding hydrogens is 308 g/mol. The van der Waals surface area contributed by atoms with Gasteiger partial charge in [0.05, 0.1) is 25.3 Å². The van der Waals surface area contributed by atoms with Crippen LogP contribution in [0.15, 0.2) is 36.4 Å². The van der Waals surface area contributed by atoms with Crippen molar-refractivity contribution in [3.63, 3.8) is 0 Å². The van der Waals surface area contributed by atoms with Crippen molar-refractivity contribution in [3.05, 3.63) is 53.3 Å². The number of esters is 1. The van der Waals surface area contributed by atoms with Crippen molar-refractivity contribution in [2.75, 3.05) is 14.2 Å². The zero-order valence-electron chi connectivity index (χ0n) is 13.2. The summed E-state index contributed by atoms with van der Waals surface area (Å²) in [4.78, 5) is 19.4. The number of ether oxygens (including phenoxy) is 2. The number of carbonyl (C=O) groups is 1. The molecule has 3 aromatic rings. The van der Waals surface area contributed by atoms with Gasteiger partial charge in [-0.2, -0.15) is 0 Å². The van der Waals surface area contributed by atoms with Gasteiger partial charge in [0.25, 0.3) is 0 Å². The lowest BCUT2D eigenvalue weighted by Crippen LogP contribution is -2.01. The smallest absolute Gasteiger partial charge is 0.340 e. The number of fused-ring (bicyclic) bond motifs is 1. The van der Waals surface area contributed by atoms with E-state index in [1.54, 1.807) is 36.4 Å². The lowest BCUT2D eigenvalue weighted by molar-refractivity contribution is 0.0603. The van der Waals surface area contributed by atoms with E-state index >= 15 is 0 Å². The molecule has 0 fully saturated rings. The summed E-state index contributed by atoms with van der Waals surface area (Å²) >= 11 is 0. The first-order chi connectivity index (χ1) is 11.6. The van der Waals surface area contributed by atoms with Crippen LogP contribution in [0.1, 0.15) is 21.7 Å². The average Bonchev–Trinajstić information content (AvgIpc) is 3.03. The number of methoxy groups -OCH3 is 2. The minimum atomic E-state index is -0.425. The number of imidazole rings is 1. The van der Waals surface area contributed by atoms with Crippen molar-refractivity contribution < 1.29 is 19.4 Å². The molecule has 0 atom stereocenters. The molecule has 0 amide bonds. The third-order valence-electron chi connectivity index (χ3n) is 3.57. The summed E-state index contributed by atoms with van der Waals surface area (Å²) < 4.78 is 9.85. The molecule has 0 saturated heterocycles. The molecule has 2 N–H and O–H groups in total. The number of phenols is 1. The van der Waals surface area contributed by atoms with Gasteiger partial charge >= 0.3 is 5.97 Å². The number of H-pyrrole nitrogens is 1. The first-order valence-corrected chi connectivity index (χ1v) is 7.24. The first-order valence-electron chi connectivity index (χ1n) is 7.24. The summed E-state index contributed by atoms with van der Waals surface area (Å²) in [5.74, 6) is 0.662. The van der Waals surface area contributed by atoms with E-state index in [0.29, 0.717) is 22.7 Å². The number of hydrogen-bond donors (Lipinski definition) is 2. The van der Waals surface area contributed by atoms with Gasteiger partial charge in [0.2, 0.25) is 0 Å². The standard InChI is InChI=1S/C18H16N2O4/c1-23-15-10-11(6-8-14(15)21)7-9-16-19-13-5-3-4-12(17(13)20-16)18(22)24-2/h3-10,21H,1-2H3,(H,19,20). The Hall–Kier alpha value is -3.28. The maximum Gasteiger partial charge on any atom is 0.340 e. The highest BCUT2D eigenvalue weighted by Crippen LogP contribution is 2.27. The van der Waals surface area contributed by atoms with Crippen molar-refractivity contribution in [2.24, 2.45) is 0 Å². The Morgan fingerprint density at radius 1 is 1.21 bits per heavy atom. The molecule has 6 heteroatoms. The average molecular weight is 324 g/mol. The molecule has 0 aliphatic carbocycles. The molecule has 0 saturated carbocycles. The Kier molecular flexibility index (Phi) is 4.20. The van der Waals surface area contributed by atoms with Crippen molar-refractivity contribution in [1.82, 2.24) is 9.97 Å². The fraction of sp³-hybridized carbons (Fsp3) is 0.111. The van der Waals surface area contributed by atoms with Crippen LogP contribution in [0.4, 0.5) is 0 Å². The first kappa shape index (κ1) is 15.6.